The minimum Gasteiger partial charge on any atom is -0.491 e. The van der Waals surface area contributed by atoms with Gasteiger partial charge in [0.2, 0.25) is 5.91 Å². The molecule has 1 unspecified atom stereocenters. The van der Waals surface area contributed by atoms with E-state index in [1.54, 1.807) is 57.0 Å². The molecule has 0 spiro atoms. The smallest absolute Gasteiger partial charge is 0.408 e. The van der Waals surface area contributed by atoms with E-state index in [-0.39, 0.29) is 5.91 Å². The molecule has 1 aromatic rings. The fourth-order valence-corrected chi connectivity index (χ4v) is 3.71. The topological polar surface area (TPSA) is 114 Å². The molecule has 1 aliphatic heterocycles. The second-order valence-corrected chi connectivity index (χ2v) is 9.97. The third kappa shape index (κ3) is 14.5. The van der Waals surface area contributed by atoms with E-state index in [1.165, 1.54) is 0 Å². The van der Waals surface area contributed by atoms with Crippen molar-refractivity contribution in [3.8, 4) is 5.75 Å². The van der Waals surface area contributed by atoms with Gasteiger partial charge in [0.25, 0.3) is 0 Å². The van der Waals surface area contributed by atoms with Gasteiger partial charge in [0.1, 0.15) is 24.0 Å². The molecule has 0 radical (unpaired) electrons. The summed E-state index contributed by atoms with van der Waals surface area (Å²) in [6.07, 6.45) is 1.30. The molecule has 1 atom stereocenters. The highest BCUT2D eigenvalue weighted by Gasteiger charge is 2.30. The van der Waals surface area contributed by atoms with Crippen LogP contribution in [0.15, 0.2) is 24.3 Å². The van der Waals surface area contributed by atoms with Gasteiger partial charge in [-0.3, -0.25) is 4.79 Å². The van der Waals surface area contributed by atoms with Crippen LogP contribution in [0.25, 0.3) is 0 Å². The van der Waals surface area contributed by atoms with Crippen molar-refractivity contribution in [2.24, 2.45) is 0 Å². The summed E-state index contributed by atoms with van der Waals surface area (Å²) in [7, 11) is 1.64. The first-order valence-electron chi connectivity index (χ1n) is 13.6. The molecular weight excluding hydrogens is 508 g/mol. The standard InChI is InChI=1S/C28H46N2O9/c1-28(2,3)39-27(32)29-25(26(31)30-11-5-6-12-30)23-7-9-24(10-8-23)38-22-21-37-20-19-36-18-17-35-16-15-34-14-13-33-4/h7-10,25H,5-6,11-22H2,1-4H3,(H,29,32). The fourth-order valence-electron chi connectivity index (χ4n) is 3.71. The first-order valence-corrected chi connectivity index (χ1v) is 13.6. The van der Waals surface area contributed by atoms with E-state index >= 15 is 0 Å². The van der Waals surface area contributed by atoms with Crippen molar-refractivity contribution in [1.82, 2.24) is 10.2 Å². The van der Waals surface area contributed by atoms with E-state index in [1.807, 2.05) is 0 Å². The Balaban J connectivity index is 1.64. The highest BCUT2D eigenvalue weighted by Crippen LogP contribution is 2.23. The monoisotopic (exact) mass is 554 g/mol. The highest BCUT2D eigenvalue weighted by molar-refractivity contribution is 5.87. The van der Waals surface area contributed by atoms with Gasteiger partial charge in [0.05, 0.1) is 59.5 Å². The second kappa shape index (κ2) is 18.8. The molecule has 2 rings (SSSR count). The van der Waals surface area contributed by atoms with E-state index in [0.717, 1.165) is 12.8 Å². The Morgan fingerprint density at radius 2 is 1.28 bits per heavy atom. The maximum absolute atomic E-state index is 13.1. The number of ether oxygens (including phenoxy) is 7. The number of amides is 2. The van der Waals surface area contributed by atoms with Gasteiger partial charge in [0.15, 0.2) is 0 Å². The molecule has 1 heterocycles. The number of benzene rings is 1. The second-order valence-electron chi connectivity index (χ2n) is 9.97. The zero-order chi connectivity index (χ0) is 28.3. The molecule has 1 saturated heterocycles. The number of likely N-dealkylation sites (tertiary alicyclic amines) is 1. The van der Waals surface area contributed by atoms with Crippen molar-refractivity contribution < 1.29 is 42.7 Å². The first kappa shape index (κ1) is 32.8. The van der Waals surface area contributed by atoms with Crippen LogP contribution in [0.2, 0.25) is 0 Å². The zero-order valence-electron chi connectivity index (χ0n) is 23.9. The molecule has 0 saturated carbocycles. The molecule has 1 aromatic carbocycles. The number of alkyl carbamates (subject to hydrolysis) is 1. The number of hydrogen-bond acceptors (Lipinski definition) is 9. The molecule has 0 aliphatic carbocycles. The quantitative estimate of drug-likeness (QED) is 0.258. The van der Waals surface area contributed by atoms with Crippen molar-refractivity contribution in [2.45, 2.75) is 45.3 Å². The molecule has 1 N–H and O–H groups in total. The van der Waals surface area contributed by atoms with Gasteiger partial charge >= 0.3 is 6.09 Å². The molecule has 2 amide bonds. The molecular formula is C28H46N2O9. The molecule has 0 bridgehead atoms. The van der Waals surface area contributed by atoms with Crippen molar-refractivity contribution in [3.05, 3.63) is 29.8 Å². The van der Waals surface area contributed by atoms with Crippen LogP contribution in [-0.4, -0.2) is 109 Å². The third-order valence-corrected chi connectivity index (χ3v) is 5.58. The summed E-state index contributed by atoms with van der Waals surface area (Å²) in [5.41, 5.74) is 0.00646. The number of carbonyl (C=O) groups is 2. The van der Waals surface area contributed by atoms with Crippen LogP contribution in [0, 0.1) is 0 Å². The third-order valence-electron chi connectivity index (χ3n) is 5.58. The van der Waals surface area contributed by atoms with Gasteiger partial charge in [-0.25, -0.2) is 4.79 Å². The lowest BCUT2D eigenvalue weighted by Crippen LogP contribution is -2.43. The lowest BCUT2D eigenvalue weighted by Gasteiger charge is -2.26. The predicted octanol–water partition coefficient (Wildman–Crippen LogP) is 2.97. The Hall–Kier alpha value is -2.44. The van der Waals surface area contributed by atoms with E-state index in [9.17, 15) is 9.59 Å². The van der Waals surface area contributed by atoms with Crippen LogP contribution in [0.3, 0.4) is 0 Å². The van der Waals surface area contributed by atoms with Gasteiger partial charge in [-0.15, -0.1) is 0 Å². The SMILES string of the molecule is COCCOCCOCCOCCOCCOc1ccc(C(NC(=O)OC(C)(C)C)C(=O)N2CCCC2)cc1. The average molecular weight is 555 g/mol. The summed E-state index contributed by atoms with van der Waals surface area (Å²) in [4.78, 5) is 27.4. The molecule has 39 heavy (non-hydrogen) atoms. The van der Waals surface area contributed by atoms with Gasteiger partial charge in [-0.2, -0.15) is 0 Å². The summed E-state index contributed by atoms with van der Waals surface area (Å²) in [6, 6.07) is 6.31. The first-order chi connectivity index (χ1) is 18.8. The van der Waals surface area contributed by atoms with Crippen LogP contribution in [0.5, 0.6) is 5.75 Å². The largest absolute Gasteiger partial charge is 0.491 e. The summed E-state index contributed by atoms with van der Waals surface area (Å²) in [5.74, 6) is 0.507. The van der Waals surface area contributed by atoms with Crippen LogP contribution < -0.4 is 10.1 Å². The number of nitrogens with zero attached hydrogens (tertiary/aromatic N) is 1. The highest BCUT2D eigenvalue weighted by atomic mass is 16.6. The molecule has 11 nitrogen and oxygen atoms in total. The number of carbonyl (C=O) groups excluding carboxylic acids is 2. The van der Waals surface area contributed by atoms with E-state index in [2.05, 4.69) is 5.32 Å². The lowest BCUT2D eigenvalue weighted by molar-refractivity contribution is -0.132. The van der Waals surface area contributed by atoms with Crippen molar-refractivity contribution in [1.29, 1.82) is 0 Å². The zero-order valence-corrected chi connectivity index (χ0v) is 23.9. The Morgan fingerprint density at radius 3 is 1.77 bits per heavy atom. The average Bonchev–Trinajstić information content (AvgIpc) is 3.44. The van der Waals surface area contributed by atoms with Gasteiger partial charge in [-0.05, 0) is 51.3 Å². The predicted molar refractivity (Wildman–Crippen MR) is 145 cm³/mol. The van der Waals surface area contributed by atoms with Crippen LogP contribution in [0.4, 0.5) is 4.79 Å². The maximum Gasteiger partial charge on any atom is 0.408 e. The van der Waals surface area contributed by atoms with E-state index in [0.29, 0.717) is 90.5 Å². The van der Waals surface area contributed by atoms with Crippen LogP contribution >= 0.6 is 0 Å². The van der Waals surface area contributed by atoms with E-state index < -0.39 is 17.7 Å². The maximum atomic E-state index is 13.1. The van der Waals surface area contributed by atoms with Gasteiger partial charge < -0.3 is 43.4 Å². The Labute approximate surface area is 232 Å². The Kier molecular flexibility index (Phi) is 15.8. The number of rotatable bonds is 19. The summed E-state index contributed by atoms with van der Waals surface area (Å²) < 4.78 is 37.7. The molecule has 11 heteroatoms. The molecule has 0 aromatic heterocycles. The Morgan fingerprint density at radius 1 is 0.795 bits per heavy atom. The number of nitrogens with one attached hydrogen (secondary N) is 1. The minimum atomic E-state index is -0.824. The van der Waals surface area contributed by atoms with Gasteiger partial charge in [-0.1, -0.05) is 12.1 Å². The van der Waals surface area contributed by atoms with Crippen molar-refractivity contribution in [3.63, 3.8) is 0 Å². The molecule has 222 valence electrons. The van der Waals surface area contributed by atoms with Crippen LogP contribution in [0.1, 0.15) is 45.2 Å². The fraction of sp³-hybridized carbons (Fsp3) is 0.714. The van der Waals surface area contributed by atoms with Crippen LogP contribution in [-0.2, 0) is 33.2 Å². The normalized spacial score (nSPS) is 14.3. The van der Waals surface area contributed by atoms with E-state index in [4.69, 9.17) is 33.2 Å². The minimum absolute atomic E-state index is 0.138. The molecule has 1 fully saturated rings. The number of methoxy groups -OCH3 is 1. The van der Waals surface area contributed by atoms with Crippen molar-refractivity contribution >= 4 is 12.0 Å². The number of hydrogen-bond donors (Lipinski definition) is 1. The lowest BCUT2D eigenvalue weighted by atomic mass is 10.1. The summed E-state index contributed by atoms with van der Waals surface area (Å²) >= 11 is 0. The Bertz CT molecular complexity index is 808. The molecule has 1 aliphatic rings. The summed E-state index contributed by atoms with van der Waals surface area (Å²) in [5, 5.41) is 2.74. The van der Waals surface area contributed by atoms with Crippen molar-refractivity contribution in [2.75, 3.05) is 86.3 Å². The summed E-state index contributed by atoms with van der Waals surface area (Å²) in [6.45, 7) is 11.7. The van der Waals surface area contributed by atoms with Gasteiger partial charge in [0, 0.05) is 20.2 Å².